The lowest BCUT2D eigenvalue weighted by molar-refractivity contribution is 0.586. The van der Waals surface area contributed by atoms with E-state index >= 15 is 0 Å². The number of thiophene rings is 1. The van der Waals surface area contributed by atoms with Gasteiger partial charge in [0.1, 0.15) is 22.5 Å². The lowest BCUT2D eigenvalue weighted by Crippen LogP contribution is -2.03. The summed E-state index contributed by atoms with van der Waals surface area (Å²) in [6.07, 6.45) is 5.25. The molecule has 13 rings (SSSR count). The molecule has 0 saturated carbocycles. The molecule has 12 aromatic rings. The minimum absolute atomic E-state index is 0.243. The van der Waals surface area contributed by atoms with E-state index in [0.29, 0.717) is 17.5 Å². The van der Waals surface area contributed by atoms with Crippen molar-refractivity contribution in [2.75, 3.05) is 0 Å². The summed E-state index contributed by atoms with van der Waals surface area (Å²) in [5.74, 6) is 2.96. The molecule has 0 fully saturated rings. The number of rotatable bonds is 5. The number of allylic oxidation sites excluding steroid dienone is 1. The zero-order valence-electron chi connectivity index (χ0n) is 33.6. The van der Waals surface area contributed by atoms with E-state index in [1.54, 1.807) is 11.3 Å². The largest absolute Gasteiger partial charge is 0.456 e. The van der Waals surface area contributed by atoms with Gasteiger partial charge in [-0.2, -0.15) is 0 Å². The molecule has 1 aliphatic carbocycles. The summed E-state index contributed by atoms with van der Waals surface area (Å²) in [5.41, 5.74) is 10.9. The van der Waals surface area contributed by atoms with Crippen LogP contribution < -0.4 is 0 Å². The Hall–Kier alpha value is -7.67. The molecule has 0 amide bonds. The Balaban J connectivity index is 1.11. The van der Waals surface area contributed by atoms with Crippen molar-refractivity contribution in [2.24, 2.45) is 0 Å². The monoisotopic (exact) mass is 813 g/mol. The fraction of sp³-hybridized carbons (Fsp3) is 0.0536. The Morgan fingerprint density at radius 3 is 2.02 bits per heavy atom. The molecular formula is C56H35N3O2S. The van der Waals surface area contributed by atoms with Gasteiger partial charge in [-0.25, -0.2) is 15.0 Å². The van der Waals surface area contributed by atoms with Gasteiger partial charge < -0.3 is 8.83 Å². The molecule has 8 aromatic carbocycles. The predicted molar refractivity (Wildman–Crippen MR) is 257 cm³/mol. The highest BCUT2D eigenvalue weighted by Crippen LogP contribution is 2.46. The minimum Gasteiger partial charge on any atom is -0.456 e. The first-order chi connectivity index (χ1) is 30.6. The fourth-order valence-corrected chi connectivity index (χ4v) is 10.8. The van der Waals surface area contributed by atoms with Gasteiger partial charge in [0.05, 0.1) is 0 Å². The molecule has 4 aromatic heterocycles. The maximum Gasteiger partial charge on any atom is 0.164 e. The van der Waals surface area contributed by atoms with E-state index < -0.39 is 0 Å². The van der Waals surface area contributed by atoms with Gasteiger partial charge in [0.25, 0.3) is 0 Å². The van der Waals surface area contributed by atoms with E-state index in [-0.39, 0.29) is 5.92 Å². The first-order valence-corrected chi connectivity index (χ1v) is 21.9. The van der Waals surface area contributed by atoms with Crippen molar-refractivity contribution >= 4 is 81.3 Å². The van der Waals surface area contributed by atoms with Crippen molar-refractivity contribution in [3.05, 3.63) is 181 Å². The number of nitrogens with zero attached hydrogens (tertiary/aromatic N) is 3. The third-order valence-electron chi connectivity index (χ3n) is 12.6. The zero-order chi connectivity index (χ0) is 40.9. The van der Waals surface area contributed by atoms with Crippen LogP contribution in [0.1, 0.15) is 30.6 Å². The maximum atomic E-state index is 6.81. The van der Waals surface area contributed by atoms with Crippen LogP contribution in [0.3, 0.4) is 0 Å². The smallest absolute Gasteiger partial charge is 0.164 e. The lowest BCUT2D eigenvalue weighted by Gasteiger charge is -2.16. The van der Waals surface area contributed by atoms with Gasteiger partial charge in [0.15, 0.2) is 17.5 Å². The Morgan fingerprint density at radius 1 is 0.452 bits per heavy atom. The van der Waals surface area contributed by atoms with Gasteiger partial charge in [0.2, 0.25) is 0 Å². The molecule has 0 saturated heterocycles. The van der Waals surface area contributed by atoms with Crippen LogP contribution >= 0.6 is 11.3 Å². The minimum atomic E-state index is 0.243. The van der Waals surface area contributed by atoms with Crippen molar-refractivity contribution in [3.63, 3.8) is 0 Å². The number of aromatic nitrogens is 3. The van der Waals surface area contributed by atoms with E-state index in [1.165, 1.54) is 25.7 Å². The molecule has 0 aliphatic heterocycles. The van der Waals surface area contributed by atoms with E-state index in [9.17, 15) is 0 Å². The van der Waals surface area contributed by atoms with Crippen LogP contribution in [0.25, 0.3) is 126 Å². The highest BCUT2D eigenvalue weighted by atomic mass is 32.1. The molecule has 0 bridgehead atoms. The van der Waals surface area contributed by atoms with Gasteiger partial charge in [-0.3, -0.25) is 0 Å². The zero-order valence-corrected chi connectivity index (χ0v) is 34.4. The Bertz CT molecular complexity index is 3820. The topological polar surface area (TPSA) is 65.0 Å². The van der Waals surface area contributed by atoms with Crippen molar-refractivity contribution in [1.29, 1.82) is 0 Å². The molecule has 0 spiro atoms. The van der Waals surface area contributed by atoms with Gasteiger partial charge in [0, 0.05) is 58.6 Å². The SMILES string of the molecule is CC1CC=Cc2oc3cc(-c4cccc5oc6ccccc6c45)cc(-c4nc(-c5ccc6c(c5)sc5ccccc56)nc(-c5ccc(-c6ccccc6)c6ccccc56)n4)c3c21. The molecule has 0 radical (unpaired) electrons. The predicted octanol–water partition coefficient (Wildman–Crippen LogP) is 15.9. The van der Waals surface area contributed by atoms with Gasteiger partial charge in [-0.1, -0.05) is 134 Å². The summed E-state index contributed by atoms with van der Waals surface area (Å²) >= 11 is 1.80. The van der Waals surface area contributed by atoms with Crippen LogP contribution in [0.15, 0.2) is 179 Å². The molecule has 1 aliphatic rings. The van der Waals surface area contributed by atoms with Crippen molar-refractivity contribution in [2.45, 2.75) is 19.3 Å². The van der Waals surface area contributed by atoms with Gasteiger partial charge in [-0.05, 0) is 93.9 Å². The summed E-state index contributed by atoms with van der Waals surface area (Å²) < 4.78 is 15.6. The van der Waals surface area contributed by atoms with Gasteiger partial charge in [-0.15, -0.1) is 11.3 Å². The van der Waals surface area contributed by atoms with Crippen LogP contribution in [-0.2, 0) is 0 Å². The fourth-order valence-electron chi connectivity index (χ4n) is 9.70. The van der Waals surface area contributed by atoms with E-state index in [4.69, 9.17) is 23.8 Å². The van der Waals surface area contributed by atoms with Gasteiger partial charge >= 0.3 is 0 Å². The molecule has 1 unspecified atom stereocenters. The summed E-state index contributed by atoms with van der Waals surface area (Å²) in [7, 11) is 0. The highest BCUT2D eigenvalue weighted by Gasteiger charge is 2.27. The first kappa shape index (κ1) is 35.1. The number of hydrogen-bond acceptors (Lipinski definition) is 6. The molecule has 1 atom stereocenters. The summed E-state index contributed by atoms with van der Waals surface area (Å²) in [6.45, 7) is 2.28. The molecule has 62 heavy (non-hydrogen) atoms. The third kappa shape index (κ3) is 5.43. The van der Waals surface area contributed by atoms with E-state index in [2.05, 4.69) is 165 Å². The Labute approximate surface area is 360 Å². The quantitative estimate of drug-likeness (QED) is 0.173. The third-order valence-corrected chi connectivity index (χ3v) is 13.7. The Morgan fingerprint density at radius 2 is 1.15 bits per heavy atom. The molecule has 6 heteroatoms. The number of fused-ring (bicyclic) bond motifs is 10. The number of furan rings is 2. The highest BCUT2D eigenvalue weighted by molar-refractivity contribution is 7.25. The number of benzene rings is 8. The number of hydrogen-bond donors (Lipinski definition) is 0. The molecular weight excluding hydrogens is 779 g/mol. The molecule has 292 valence electrons. The van der Waals surface area contributed by atoms with Crippen LogP contribution in [0.5, 0.6) is 0 Å². The van der Waals surface area contributed by atoms with Crippen molar-refractivity contribution in [3.8, 4) is 56.4 Å². The van der Waals surface area contributed by atoms with E-state index in [1.807, 2.05) is 18.2 Å². The van der Waals surface area contributed by atoms with E-state index in [0.717, 1.165) is 94.8 Å². The maximum absolute atomic E-state index is 6.81. The Kier molecular flexibility index (Phi) is 7.75. The average molecular weight is 814 g/mol. The second kappa shape index (κ2) is 13.7. The van der Waals surface area contributed by atoms with Crippen LogP contribution in [0, 0.1) is 0 Å². The number of para-hydroxylation sites is 1. The van der Waals surface area contributed by atoms with Crippen LogP contribution in [0.2, 0.25) is 0 Å². The van der Waals surface area contributed by atoms with Crippen molar-refractivity contribution < 1.29 is 8.83 Å². The molecule has 0 N–H and O–H groups in total. The van der Waals surface area contributed by atoms with Crippen LogP contribution in [0.4, 0.5) is 0 Å². The van der Waals surface area contributed by atoms with Crippen LogP contribution in [-0.4, -0.2) is 15.0 Å². The second-order valence-electron chi connectivity index (χ2n) is 16.3. The molecule has 4 heterocycles. The second-order valence-corrected chi connectivity index (χ2v) is 17.4. The summed E-state index contributed by atoms with van der Waals surface area (Å²) in [5, 5.41) is 7.88. The summed E-state index contributed by atoms with van der Waals surface area (Å²) in [4.78, 5) is 16.3. The standard InChI is InChI=1S/C56H35N3O2S/c1-32-13-11-22-46-51(32)53-44(29-35(30-48(53)61-46)37-20-12-23-47-52(37)43-19-7-9-21-45(43)60-47)56-58-54(34-25-26-41-40-18-8-10-24-49(40)62-50(41)31-34)57-55(59-56)42-28-27-36(33-14-3-2-4-15-33)38-16-5-6-17-39(38)42/h2-12,14-32H,13H2,1H3. The molecule has 5 nitrogen and oxygen atoms in total. The van der Waals surface area contributed by atoms with Crippen molar-refractivity contribution in [1.82, 2.24) is 15.0 Å². The first-order valence-electron chi connectivity index (χ1n) is 21.1. The summed E-state index contributed by atoms with van der Waals surface area (Å²) in [6, 6.07) is 57.7. The average Bonchev–Trinajstić information content (AvgIpc) is 4.02. The normalized spacial score (nSPS) is 13.9. The lowest BCUT2D eigenvalue weighted by atomic mass is 9.87.